The van der Waals surface area contributed by atoms with Crippen molar-refractivity contribution in [1.29, 1.82) is 0 Å². The molecule has 3 rings (SSSR count). The first kappa shape index (κ1) is 13.0. The zero-order chi connectivity index (χ0) is 15.0. The van der Waals surface area contributed by atoms with Crippen molar-refractivity contribution in [2.75, 3.05) is 0 Å². The number of H-pyrrole nitrogens is 1. The number of fused-ring (bicyclic) bond motifs is 1. The number of benzene rings is 2. The minimum atomic E-state index is -0.789. The van der Waals surface area contributed by atoms with Crippen molar-refractivity contribution in [3.8, 4) is 11.5 Å². The molecule has 0 aliphatic heterocycles. The summed E-state index contributed by atoms with van der Waals surface area (Å²) < 4.78 is 19.4. The molecule has 6 nitrogen and oxygen atoms in total. The highest BCUT2D eigenvalue weighted by molar-refractivity contribution is 5.87. The zero-order valence-corrected chi connectivity index (χ0v) is 11.0. The van der Waals surface area contributed by atoms with Crippen LogP contribution in [-0.2, 0) is 0 Å². The first-order valence-electron chi connectivity index (χ1n) is 6.12. The summed E-state index contributed by atoms with van der Waals surface area (Å²) in [5, 5.41) is 18.2. The van der Waals surface area contributed by atoms with Gasteiger partial charge in [-0.3, -0.25) is 15.2 Å². The lowest BCUT2D eigenvalue weighted by Crippen LogP contribution is -1.93. The summed E-state index contributed by atoms with van der Waals surface area (Å²) in [5.74, 6) is -0.428. The minimum Gasteiger partial charge on any atom is -0.453 e. The van der Waals surface area contributed by atoms with Crippen molar-refractivity contribution in [2.45, 2.75) is 6.92 Å². The number of nitro benzene ring substituents is 1. The second-order valence-electron chi connectivity index (χ2n) is 4.46. The van der Waals surface area contributed by atoms with E-state index in [9.17, 15) is 14.5 Å². The standard InChI is InChI=1S/C14H10FN3O3/c1-8-14-11(17-16-8)3-2-4-13(14)21-12-6-5-9(18(19)20)7-10(12)15/h2-7H,1H3,(H,16,17). The molecule has 1 aromatic heterocycles. The fourth-order valence-electron chi connectivity index (χ4n) is 2.09. The molecule has 0 bridgehead atoms. The number of hydrogen-bond acceptors (Lipinski definition) is 4. The van der Waals surface area contributed by atoms with E-state index >= 15 is 0 Å². The Hall–Kier alpha value is -2.96. The van der Waals surface area contributed by atoms with Gasteiger partial charge in [-0.2, -0.15) is 5.10 Å². The van der Waals surface area contributed by atoms with Gasteiger partial charge < -0.3 is 4.74 Å². The predicted molar refractivity (Wildman–Crippen MR) is 74.0 cm³/mol. The summed E-state index contributed by atoms with van der Waals surface area (Å²) in [5.41, 5.74) is 1.17. The molecule has 0 saturated heterocycles. The second kappa shape index (κ2) is 4.86. The topological polar surface area (TPSA) is 81.0 Å². The van der Waals surface area contributed by atoms with Gasteiger partial charge in [0, 0.05) is 6.07 Å². The summed E-state index contributed by atoms with van der Waals surface area (Å²) >= 11 is 0. The molecule has 7 heteroatoms. The summed E-state index contributed by atoms with van der Waals surface area (Å²) in [6, 6.07) is 8.53. The van der Waals surface area contributed by atoms with E-state index < -0.39 is 10.7 Å². The van der Waals surface area contributed by atoms with Gasteiger partial charge in [0.15, 0.2) is 11.6 Å². The Morgan fingerprint density at radius 1 is 1.29 bits per heavy atom. The lowest BCUT2D eigenvalue weighted by atomic mass is 10.2. The molecule has 0 atom stereocenters. The van der Waals surface area contributed by atoms with Crippen LogP contribution in [0, 0.1) is 22.9 Å². The smallest absolute Gasteiger partial charge is 0.272 e. The fraction of sp³-hybridized carbons (Fsp3) is 0.0714. The van der Waals surface area contributed by atoms with Gasteiger partial charge >= 0.3 is 0 Å². The highest BCUT2D eigenvalue weighted by atomic mass is 19.1. The molecule has 21 heavy (non-hydrogen) atoms. The minimum absolute atomic E-state index is 0.0753. The third-order valence-corrected chi connectivity index (χ3v) is 3.08. The van der Waals surface area contributed by atoms with Crippen LogP contribution in [0.2, 0.25) is 0 Å². The Morgan fingerprint density at radius 2 is 2.10 bits per heavy atom. The molecule has 0 fully saturated rings. The maximum Gasteiger partial charge on any atom is 0.272 e. The molecular formula is C14H10FN3O3. The van der Waals surface area contributed by atoms with Crippen molar-refractivity contribution in [3.05, 3.63) is 58.0 Å². The van der Waals surface area contributed by atoms with Crippen molar-refractivity contribution in [2.24, 2.45) is 0 Å². The molecule has 1 N–H and O–H groups in total. The monoisotopic (exact) mass is 287 g/mol. The van der Waals surface area contributed by atoms with Crippen LogP contribution in [0.3, 0.4) is 0 Å². The predicted octanol–water partition coefficient (Wildman–Crippen LogP) is 3.71. The van der Waals surface area contributed by atoms with Crippen LogP contribution in [0.4, 0.5) is 10.1 Å². The number of aromatic nitrogens is 2. The molecule has 0 amide bonds. The first-order valence-corrected chi connectivity index (χ1v) is 6.12. The largest absolute Gasteiger partial charge is 0.453 e. The van der Waals surface area contributed by atoms with Crippen molar-refractivity contribution < 1.29 is 14.1 Å². The molecule has 0 radical (unpaired) electrons. The lowest BCUT2D eigenvalue weighted by Gasteiger charge is -2.08. The highest BCUT2D eigenvalue weighted by Gasteiger charge is 2.14. The Bertz CT molecular complexity index is 845. The van der Waals surface area contributed by atoms with Crippen LogP contribution in [0.15, 0.2) is 36.4 Å². The average molecular weight is 287 g/mol. The average Bonchev–Trinajstić information content (AvgIpc) is 2.83. The first-order chi connectivity index (χ1) is 10.1. The Balaban J connectivity index is 2.03. The molecule has 0 spiro atoms. The Labute approximate surface area is 118 Å². The maximum atomic E-state index is 13.9. The number of aryl methyl sites for hydroxylation is 1. The fourth-order valence-corrected chi connectivity index (χ4v) is 2.09. The van der Waals surface area contributed by atoms with E-state index in [4.69, 9.17) is 4.74 Å². The third-order valence-electron chi connectivity index (χ3n) is 3.08. The number of ether oxygens (including phenoxy) is 1. The van der Waals surface area contributed by atoms with Gasteiger partial charge in [-0.25, -0.2) is 4.39 Å². The summed E-state index contributed by atoms with van der Waals surface area (Å²) in [6.45, 7) is 1.80. The third kappa shape index (κ3) is 2.29. The van der Waals surface area contributed by atoms with Crippen LogP contribution in [0.1, 0.15) is 5.69 Å². The number of rotatable bonds is 3. The number of aromatic amines is 1. The van der Waals surface area contributed by atoms with Gasteiger partial charge in [-0.05, 0) is 25.1 Å². The van der Waals surface area contributed by atoms with Crippen molar-refractivity contribution >= 4 is 16.6 Å². The quantitative estimate of drug-likeness (QED) is 0.588. The van der Waals surface area contributed by atoms with E-state index in [0.29, 0.717) is 5.75 Å². The lowest BCUT2D eigenvalue weighted by molar-refractivity contribution is -0.385. The van der Waals surface area contributed by atoms with E-state index in [-0.39, 0.29) is 11.4 Å². The van der Waals surface area contributed by atoms with Crippen LogP contribution in [0.5, 0.6) is 11.5 Å². The molecule has 106 valence electrons. The van der Waals surface area contributed by atoms with E-state index in [1.807, 2.05) is 6.07 Å². The summed E-state index contributed by atoms with van der Waals surface area (Å²) in [4.78, 5) is 9.93. The summed E-state index contributed by atoms with van der Waals surface area (Å²) in [7, 11) is 0. The highest BCUT2D eigenvalue weighted by Crippen LogP contribution is 2.33. The van der Waals surface area contributed by atoms with E-state index in [1.54, 1.807) is 19.1 Å². The summed E-state index contributed by atoms with van der Waals surface area (Å²) in [6.07, 6.45) is 0. The number of nitrogens with zero attached hydrogens (tertiary/aromatic N) is 2. The van der Waals surface area contributed by atoms with Crippen LogP contribution >= 0.6 is 0 Å². The molecule has 1 heterocycles. The van der Waals surface area contributed by atoms with Crippen LogP contribution in [-0.4, -0.2) is 15.1 Å². The number of non-ortho nitro benzene ring substituents is 1. The van der Waals surface area contributed by atoms with Gasteiger partial charge in [0.2, 0.25) is 0 Å². The van der Waals surface area contributed by atoms with Gasteiger partial charge in [0.25, 0.3) is 5.69 Å². The van der Waals surface area contributed by atoms with Gasteiger partial charge in [0.05, 0.1) is 27.6 Å². The number of nitro groups is 1. The Kier molecular flexibility index (Phi) is 3.02. The normalized spacial score (nSPS) is 10.8. The molecule has 0 aliphatic carbocycles. The molecule has 2 aromatic carbocycles. The SMILES string of the molecule is Cc1n[nH]c2cccc(Oc3ccc([N+](=O)[O-])cc3F)c12. The van der Waals surface area contributed by atoms with Gasteiger partial charge in [-0.1, -0.05) is 6.07 Å². The Morgan fingerprint density at radius 3 is 2.81 bits per heavy atom. The number of nitrogens with one attached hydrogen (secondary N) is 1. The second-order valence-corrected chi connectivity index (χ2v) is 4.46. The van der Waals surface area contributed by atoms with E-state index in [2.05, 4.69) is 10.2 Å². The van der Waals surface area contributed by atoms with Gasteiger partial charge in [0.1, 0.15) is 5.75 Å². The number of halogens is 1. The number of hydrogen-bond donors (Lipinski definition) is 1. The van der Waals surface area contributed by atoms with E-state index in [0.717, 1.165) is 22.7 Å². The van der Waals surface area contributed by atoms with Gasteiger partial charge in [-0.15, -0.1) is 0 Å². The molecule has 0 aliphatic rings. The van der Waals surface area contributed by atoms with Crippen LogP contribution in [0.25, 0.3) is 10.9 Å². The zero-order valence-electron chi connectivity index (χ0n) is 11.0. The molecule has 0 unspecified atom stereocenters. The van der Waals surface area contributed by atoms with E-state index in [1.165, 1.54) is 12.1 Å². The molecular weight excluding hydrogens is 277 g/mol. The van der Waals surface area contributed by atoms with Crippen LogP contribution < -0.4 is 4.74 Å². The van der Waals surface area contributed by atoms with Crippen molar-refractivity contribution in [1.82, 2.24) is 10.2 Å². The molecule has 0 saturated carbocycles. The molecule has 3 aromatic rings. The maximum absolute atomic E-state index is 13.9. The van der Waals surface area contributed by atoms with Crippen molar-refractivity contribution in [3.63, 3.8) is 0 Å².